The first kappa shape index (κ1) is 19.4. The Morgan fingerprint density at radius 2 is 1.64 bits per heavy atom. The third-order valence-corrected chi connectivity index (χ3v) is 4.81. The van der Waals surface area contributed by atoms with Crippen LogP contribution >= 0.6 is 11.3 Å². The SMILES string of the molecule is O=C(NCc1ccc(C(=O)c2ccccc2)s1)C(=O)Nc1cc(F)ccc1F. The van der Waals surface area contributed by atoms with Crippen LogP contribution in [0.5, 0.6) is 0 Å². The fourth-order valence-electron chi connectivity index (χ4n) is 2.35. The molecule has 0 saturated heterocycles. The van der Waals surface area contributed by atoms with Crippen LogP contribution in [0, 0.1) is 11.6 Å². The molecule has 2 N–H and O–H groups in total. The van der Waals surface area contributed by atoms with Crippen molar-refractivity contribution in [1.82, 2.24) is 5.32 Å². The lowest BCUT2D eigenvalue weighted by atomic mass is 10.1. The average molecular weight is 400 g/mol. The van der Waals surface area contributed by atoms with Crippen molar-refractivity contribution in [1.29, 1.82) is 0 Å². The van der Waals surface area contributed by atoms with Crippen LogP contribution in [0.25, 0.3) is 0 Å². The highest BCUT2D eigenvalue weighted by atomic mass is 32.1. The highest BCUT2D eigenvalue weighted by Gasteiger charge is 2.17. The number of ketones is 1. The molecule has 0 radical (unpaired) electrons. The van der Waals surface area contributed by atoms with Crippen molar-refractivity contribution in [3.63, 3.8) is 0 Å². The number of anilines is 1. The predicted octanol–water partition coefficient (Wildman–Crippen LogP) is 3.51. The van der Waals surface area contributed by atoms with Crippen LogP contribution in [0.3, 0.4) is 0 Å². The summed E-state index contributed by atoms with van der Waals surface area (Å²) in [6.45, 7) is 0.0185. The van der Waals surface area contributed by atoms with Gasteiger partial charge in [-0.1, -0.05) is 30.3 Å². The van der Waals surface area contributed by atoms with E-state index in [2.05, 4.69) is 5.32 Å². The molecule has 0 spiro atoms. The molecule has 28 heavy (non-hydrogen) atoms. The van der Waals surface area contributed by atoms with E-state index in [1.165, 1.54) is 11.3 Å². The number of hydrogen-bond acceptors (Lipinski definition) is 4. The van der Waals surface area contributed by atoms with Crippen LogP contribution in [-0.4, -0.2) is 17.6 Å². The minimum absolute atomic E-state index is 0.0185. The third kappa shape index (κ3) is 4.66. The zero-order valence-corrected chi connectivity index (χ0v) is 15.2. The molecule has 0 unspecified atom stereocenters. The van der Waals surface area contributed by atoms with Crippen LogP contribution in [-0.2, 0) is 16.1 Å². The number of thiophene rings is 1. The van der Waals surface area contributed by atoms with E-state index in [4.69, 9.17) is 0 Å². The Bertz CT molecular complexity index is 1030. The van der Waals surface area contributed by atoms with Crippen molar-refractivity contribution >= 4 is 34.6 Å². The molecule has 0 fully saturated rings. The van der Waals surface area contributed by atoms with Gasteiger partial charge in [-0.05, 0) is 24.3 Å². The standard InChI is InChI=1S/C20H14F2N2O3S/c21-13-6-8-15(22)16(10-13)24-20(27)19(26)23-11-14-7-9-17(28-14)18(25)12-4-2-1-3-5-12/h1-10H,11H2,(H,23,26)(H,24,27). The van der Waals surface area contributed by atoms with E-state index in [1.54, 1.807) is 36.4 Å². The summed E-state index contributed by atoms with van der Waals surface area (Å²) in [5.74, 6) is -3.87. The van der Waals surface area contributed by atoms with E-state index in [0.29, 0.717) is 15.3 Å². The zero-order valence-electron chi connectivity index (χ0n) is 14.4. The summed E-state index contributed by atoms with van der Waals surface area (Å²) in [6.07, 6.45) is 0. The van der Waals surface area contributed by atoms with Gasteiger partial charge in [0, 0.05) is 16.5 Å². The van der Waals surface area contributed by atoms with Gasteiger partial charge in [-0.2, -0.15) is 0 Å². The summed E-state index contributed by atoms with van der Waals surface area (Å²) in [6, 6.07) is 14.6. The fourth-order valence-corrected chi connectivity index (χ4v) is 3.26. The van der Waals surface area contributed by atoms with Gasteiger partial charge in [0.1, 0.15) is 11.6 Å². The number of rotatable bonds is 5. The first-order valence-corrected chi connectivity index (χ1v) is 8.98. The van der Waals surface area contributed by atoms with Crippen LogP contribution in [0.1, 0.15) is 20.1 Å². The zero-order chi connectivity index (χ0) is 20.1. The van der Waals surface area contributed by atoms with Crippen molar-refractivity contribution in [3.05, 3.63) is 87.6 Å². The van der Waals surface area contributed by atoms with Crippen molar-refractivity contribution in [2.75, 3.05) is 5.32 Å². The molecule has 3 aromatic rings. The fraction of sp³-hybridized carbons (Fsp3) is 0.0500. The molecule has 0 atom stereocenters. The van der Waals surface area contributed by atoms with E-state index in [0.717, 1.165) is 18.2 Å². The van der Waals surface area contributed by atoms with E-state index in [1.807, 2.05) is 11.4 Å². The average Bonchev–Trinajstić information content (AvgIpc) is 3.18. The molecule has 5 nitrogen and oxygen atoms in total. The number of carbonyl (C=O) groups excluding carboxylic acids is 3. The lowest BCUT2D eigenvalue weighted by molar-refractivity contribution is -0.136. The highest BCUT2D eigenvalue weighted by Crippen LogP contribution is 2.20. The van der Waals surface area contributed by atoms with E-state index in [-0.39, 0.29) is 12.3 Å². The first-order valence-electron chi connectivity index (χ1n) is 8.17. The second-order valence-electron chi connectivity index (χ2n) is 5.72. The van der Waals surface area contributed by atoms with Crippen LogP contribution in [0.2, 0.25) is 0 Å². The lowest BCUT2D eigenvalue weighted by Crippen LogP contribution is -2.35. The molecule has 1 heterocycles. The van der Waals surface area contributed by atoms with Crippen LogP contribution < -0.4 is 10.6 Å². The summed E-state index contributed by atoms with van der Waals surface area (Å²) < 4.78 is 26.6. The maximum absolute atomic E-state index is 13.5. The summed E-state index contributed by atoms with van der Waals surface area (Å²) >= 11 is 1.19. The Labute approximate surface area is 163 Å². The van der Waals surface area contributed by atoms with Gasteiger partial charge in [0.05, 0.1) is 17.1 Å². The summed E-state index contributed by atoms with van der Waals surface area (Å²) in [5, 5.41) is 4.39. The minimum atomic E-state index is -1.12. The number of carbonyl (C=O) groups is 3. The monoisotopic (exact) mass is 400 g/mol. The van der Waals surface area contributed by atoms with Gasteiger partial charge in [-0.3, -0.25) is 14.4 Å². The molecule has 8 heteroatoms. The molecule has 142 valence electrons. The third-order valence-electron chi connectivity index (χ3n) is 3.73. The lowest BCUT2D eigenvalue weighted by Gasteiger charge is -2.06. The largest absolute Gasteiger partial charge is 0.343 e. The normalized spacial score (nSPS) is 10.4. The molecular weight excluding hydrogens is 386 g/mol. The Morgan fingerprint density at radius 3 is 2.39 bits per heavy atom. The number of benzene rings is 2. The summed E-state index contributed by atoms with van der Waals surface area (Å²) in [4.78, 5) is 37.2. The van der Waals surface area contributed by atoms with Crippen LogP contribution in [0.4, 0.5) is 14.5 Å². The molecule has 3 rings (SSSR count). The van der Waals surface area contributed by atoms with Gasteiger partial charge in [0.15, 0.2) is 0 Å². The van der Waals surface area contributed by atoms with Crippen molar-refractivity contribution in [2.45, 2.75) is 6.54 Å². The minimum Gasteiger partial charge on any atom is -0.343 e. The first-order chi connectivity index (χ1) is 13.4. The smallest absolute Gasteiger partial charge is 0.313 e. The number of amides is 2. The quantitative estimate of drug-likeness (QED) is 0.508. The van der Waals surface area contributed by atoms with E-state index in [9.17, 15) is 23.2 Å². The molecular formula is C20H14F2N2O3S. The second-order valence-corrected chi connectivity index (χ2v) is 6.89. The van der Waals surface area contributed by atoms with Gasteiger partial charge in [0.2, 0.25) is 5.78 Å². The molecule has 0 aliphatic rings. The number of hydrogen-bond donors (Lipinski definition) is 2. The molecule has 0 saturated carbocycles. The van der Waals surface area contributed by atoms with Gasteiger partial charge in [0.25, 0.3) is 0 Å². The maximum Gasteiger partial charge on any atom is 0.313 e. The van der Waals surface area contributed by atoms with Crippen molar-refractivity contribution in [2.24, 2.45) is 0 Å². The Hall–Kier alpha value is -3.39. The van der Waals surface area contributed by atoms with E-state index < -0.39 is 29.1 Å². The van der Waals surface area contributed by atoms with Gasteiger partial charge in [-0.25, -0.2) is 8.78 Å². The predicted molar refractivity (Wildman–Crippen MR) is 101 cm³/mol. The van der Waals surface area contributed by atoms with Gasteiger partial charge >= 0.3 is 11.8 Å². The molecule has 0 aliphatic carbocycles. The molecule has 1 aromatic heterocycles. The molecule has 0 bridgehead atoms. The van der Waals surface area contributed by atoms with Crippen molar-refractivity contribution < 1.29 is 23.2 Å². The van der Waals surface area contributed by atoms with Gasteiger partial charge < -0.3 is 10.6 Å². The summed E-state index contributed by atoms with van der Waals surface area (Å²) in [5.41, 5.74) is 0.128. The van der Waals surface area contributed by atoms with Crippen LogP contribution in [0.15, 0.2) is 60.7 Å². The second kappa shape index (κ2) is 8.53. The topological polar surface area (TPSA) is 75.3 Å². The Kier molecular flexibility index (Phi) is 5.90. The maximum atomic E-state index is 13.5. The Morgan fingerprint density at radius 1 is 0.893 bits per heavy atom. The van der Waals surface area contributed by atoms with E-state index >= 15 is 0 Å². The Balaban J connectivity index is 1.57. The molecule has 2 aromatic carbocycles. The molecule has 2 amide bonds. The van der Waals surface area contributed by atoms with Crippen molar-refractivity contribution in [3.8, 4) is 0 Å². The number of nitrogens with one attached hydrogen (secondary N) is 2. The molecule has 0 aliphatic heterocycles. The number of halogens is 2. The highest BCUT2D eigenvalue weighted by molar-refractivity contribution is 7.14. The van der Waals surface area contributed by atoms with Gasteiger partial charge in [-0.15, -0.1) is 11.3 Å². The summed E-state index contributed by atoms with van der Waals surface area (Å²) in [7, 11) is 0.